The molecular formula is C18H23N3O3. The van der Waals surface area contributed by atoms with Crippen LogP contribution in [-0.2, 0) is 14.3 Å². The van der Waals surface area contributed by atoms with Crippen LogP contribution in [0, 0.1) is 0 Å². The van der Waals surface area contributed by atoms with Gasteiger partial charge in [-0.05, 0) is 37.8 Å². The summed E-state index contributed by atoms with van der Waals surface area (Å²) in [6.07, 6.45) is 6.52. The van der Waals surface area contributed by atoms with Crippen LogP contribution in [0.15, 0.2) is 35.4 Å². The van der Waals surface area contributed by atoms with E-state index in [0.717, 1.165) is 31.4 Å². The number of carbonyl (C=O) groups is 2. The molecule has 0 saturated heterocycles. The van der Waals surface area contributed by atoms with Gasteiger partial charge in [0.05, 0.1) is 5.69 Å². The lowest BCUT2D eigenvalue weighted by molar-refractivity contribution is -0.141. The van der Waals surface area contributed by atoms with Gasteiger partial charge in [0.15, 0.2) is 0 Å². The van der Waals surface area contributed by atoms with Crippen molar-refractivity contribution >= 4 is 23.3 Å². The number of ether oxygens (including phenoxy) is 1. The number of hydrogen-bond acceptors (Lipinski definition) is 5. The van der Waals surface area contributed by atoms with Crippen molar-refractivity contribution in [1.29, 1.82) is 0 Å². The first-order valence-corrected chi connectivity index (χ1v) is 8.57. The molecule has 0 radical (unpaired) electrons. The van der Waals surface area contributed by atoms with Gasteiger partial charge in [0.25, 0.3) is 0 Å². The molecule has 0 aromatic heterocycles. The number of amides is 1. The fourth-order valence-corrected chi connectivity index (χ4v) is 3.25. The smallest absolute Gasteiger partial charge is 0.354 e. The average Bonchev–Trinajstić information content (AvgIpc) is 2.89. The fourth-order valence-electron chi connectivity index (χ4n) is 3.25. The molecule has 1 fully saturated rings. The highest BCUT2D eigenvalue weighted by atomic mass is 16.5. The molecule has 24 heavy (non-hydrogen) atoms. The van der Waals surface area contributed by atoms with E-state index >= 15 is 0 Å². The van der Waals surface area contributed by atoms with E-state index in [9.17, 15) is 9.59 Å². The van der Waals surface area contributed by atoms with Crippen molar-refractivity contribution in [3.05, 3.63) is 30.3 Å². The highest BCUT2D eigenvalue weighted by Gasteiger charge is 2.36. The number of primary amides is 1. The normalized spacial score (nSPS) is 21.9. The molecule has 2 aliphatic rings. The second kappa shape index (κ2) is 7.47. The number of nitrogens with zero attached hydrogens (tertiary/aromatic N) is 2. The largest absolute Gasteiger partial charge is 0.458 e. The predicted molar refractivity (Wildman–Crippen MR) is 91.5 cm³/mol. The number of hydrazone groups is 1. The Kier molecular flexibility index (Phi) is 5.13. The number of nitrogens with two attached hydrogens (primary N) is 1. The van der Waals surface area contributed by atoms with Gasteiger partial charge in [-0.25, -0.2) is 4.79 Å². The molecule has 0 unspecified atom stereocenters. The number of benzene rings is 1. The van der Waals surface area contributed by atoms with Crippen LogP contribution < -0.4 is 10.7 Å². The first kappa shape index (κ1) is 16.5. The third kappa shape index (κ3) is 3.75. The predicted octanol–water partition coefficient (Wildman–Crippen LogP) is 2.37. The van der Waals surface area contributed by atoms with Gasteiger partial charge in [0.2, 0.25) is 5.91 Å². The zero-order valence-electron chi connectivity index (χ0n) is 13.7. The van der Waals surface area contributed by atoms with Crippen LogP contribution >= 0.6 is 0 Å². The number of esters is 1. The van der Waals surface area contributed by atoms with E-state index in [1.807, 2.05) is 30.3 Å². The van der Waals surface area contributed by atoms with E-state index in [1.165, 1.54) is 17.9 Å². The lowest BCUT2D eigenvalue weighted by Gasteiger charge is -2.20. The van der Waals surface area contributed by atoms with Gasteiger partial charge < -0.3 is 10.5 Å². The Morgan fingerprint density at radius 1 is 1.08 bits per heavy atom. The summed E-state index contributed by atoms with van der Waals surface area (Å²) in [6, 6.07) is 8.60. The fraction of sp³-hybridized carbons (Fsp3) is 0.500. The van der Waals surface area contributed by atoms with E-state index in [4.69, 9.17) is 10.5 Å². The van der Waals surface area contributed by atoms with E-state index in [1.54, 1.807) is 0 Å². The summed E-state index contributed by atoms with van der Waals surface area (Å²) in [5.74, 6) is -0.925. The number of para-hydroxylation sites is 1. The summed E-state index contributed by atoms with van der Waals surface area (Å²) in [5.41, 5.74) is 6.49. The minimum Gasteiger partial charge on any atom is -0.458 e. The Labute approximate surface area is 141 Å². The lowest BCUT2D eigenvalue weighted by Crippen LogP contribution is -2.39. The molecule has 6 heteroatoms. The molecule has 1 atom stereocenters. The van der Waals surface area contributed by atoms with Gasteiger partial charge in [-0.15, -0.1) is 0 Å². The molecule has 1 aliphatic heterocycles. The molecule has 128 valence electrons. The van der Waals surface area contributed by atoms with Crippen molar-refractivity contribution in [1.82, 2.24) is 0 Å². The molecule has 1 aromatic carbocycles. The van der Waals surface area contributed by atoms with Gasteiger partial charge in [-0.3, -0.25) is 9.80 Å². The Hall–Kier alpha value is -2.37. The van der Waals surface area contributed by atoms with Crippen LogP contribution in [0.25, 0.3) is 0 Å². The van der Waals surface area contributed by atoms with E-state index in [-0.39, 0.29) is 18.2 Å². The molecule has 1 heterocycles. The van der Waals surface area contributed by atoms with Crippen LogP contribution in [-0.4, -0.2) is 29.7 Å². The SMILES string of the molecule is NC(=O)[C@H]1CC(C(=O)OC2CCCCCC2)=NN1c1ccccc1. The van der Waals surface area contributed by atoms with Crippen molar-refractivity contribution in [3.8, 4) is 0 Å². The minimum atomic E-state index is -0.649. The highest BCUT2D eigenvalue weighted by molar-refractivity contribution is 6.38. The van der Waals surface area contributed by atoms with Crippen LogP contribution in [0.4, 0.5) is 5.69 Å². The topological polar surface area (TPSA) is 85.0 Å². The Balaban J connectivity index is 1.72. The number of anilines is 1. The quantitative estimate of drug-likeness (QED) is 0.679. The molecule has 1 aromatic rings. The molecule has 1 aliphatic carbocycles. The first-order valence-electron chi connectivity index (χ1n) is 8.57. The minimum absolute atomic E-state index is 0.0412. The van der Waals surface area contributed by atoms with Crippen LogP contribution in [0.1, 0.15) is 44.9 Å². The highest BCUT2D eigenvalue weighted by Crippen LogP contribution is 2.26. The maximum Gasteiger partial charge on any atom is 0.354 e. The number of rotatable bonds is 4. The standard InChI is InChI=1S/C18H23N3O3/c19-17(22)16-12-15(20-21(16)13-8-4-3-5-9-13)18(23)24-14-10-6-1-2-7-11-14/h3-5,8-9,14,16H,1-2,6-7,10-12H2,(H2,19,22)/t16-/m1/s1. The van der Waals surface area contributed by atoms with Gasteiger partial charge in [-0.1, -0.05) is 31.0 Å². The molecule has 6 nitrogen and oxygen atoms in total. The van der Waals surface area contributed by atoms with Crippen LogP contribution in [0.3, 0.4) is 0 Å². The first-order chi connectivity index (χ1) is 11.6. The van der Waals surface area contributed by atoms with E-state index in [0.29, 0.717) is 0 Å². The van der Waals surface area contributed by atoms with Crippen molar-refractivity contribution < 1.29 is 14.3 Å². The molecule has 0 spiro atoms. The molecule has 0 bridgehead atoms. The summed E-state index contributed by atoms with van der Waals surface area (Å²) in [7, 11) is 0. The third-order valence-electron chi connectivity index (χ3n) is 4.57. The monoisotopic (exact) mass is 329 g/mol. The van der Waals surface area contributed by atoms with Crippen molar-refractivity contribution in [2.45, 2.75) is 57.1 Å². The number of hydrogen-bond donors (Lipinski definition) is 1. The summed E-state index contributed by atoms with van der Waals surface area (Å²) in [5, 5.41) is 5.84. The van der Waals surface area contributed by atoms with E-state index in [2.05, 4.69) is 5.10 Å². The van der Waals surface area contributed by atoms with Gasteiger partial charge >= 0.3 is 5.97 Å². The molecule has 2 N–H and O–H groups in total. The summed E-state index contributed by atoms with van der Waals surface area (Å²) >= 11 is 0. The van der Waals surface area contributed by atoms with Crippen LogP contribution in [0.2, 0.25) is 0 Å². The molecule has 1 saturated carbocycles. The zero-order valence-corrected chi connectivity index (χ0v) is 13.7. The maximum atomic E-state index is 12.4. The van der Waals surface area contributed by atoms with E-state index < -0.39 is 17.9 Å². The van der Waals surface area contributed by atoms with Crippen molar-refractivity contribution in [2.24, 2.45) is 10.8 Å². The number of carbonyl (C=O) groups excluding carboxylic acids is 2. The lowest BCUT2D eigenvalue weighted by atomic mass is 10.1. The zero-order chi connectivity index (χ0) is 16.9. The Morgan fingerprint density at radius 3 is 2.38 bits per heavy atom. The van der Waals surface area contributed by atoms with Crippen LogP contribution in [0.5, 0.6) is 0 Å². The Bertz CT molecular complexity index is 622. The summed E-state index contributed by atoms with van der Waals surface area (Å²) < 4.78 is 5.62. The summed E-state index contributed by atoms with van der Waals surface area (Å²) in [6.45, 7) is 0. The molecule has 3 rings (SSSR count). The molecular weight excluding hydrogens is 306 g/mol. The Morgan fingerprint density at radius 2 is 1.75 bits per heavy atom. The summed E-state index contributed by atoms with van der Waals surface area (Å²) in [4.78, 5) is 24.2. The second-order valence-corrected chi connectivity index (χ2v) is 6.37. The average molecular weight is 329 g/mol. The third-order valence-corrected chi connectivity index (χ3v) is 4.57. The van der Waals surface area contributed by atoms with Gasteiger partial charge in [0, 0.05) is 6.42 Å². The van der Waals surface area contributed by atoms with Crippen molar-refractivity contribution in [2.75, 3.05) is 5.01 Å². The van der Waals surface area contributed by atoms with Crippen molar-refractivity contribution in [3.63, 3.8) is 0 Å². The molecule has 1 amide bonds. The second-order valence-electron chi connectivity index (χ2n) is 6.37. The maximum absolute atomic E-state index is 12.4. The van der Waals surface area contributed by atoms with Gasteiger partial charge in [-0.2, -0.15) is 5.10 Å². The van der Waals surface area contributed by atoms with Gasteiger partial charge in [0.1, 0.15) is 17.9 Å².